The van der Waals surface area contributed by atoms with Crippen molar-refractivity contribution in [3.05, 3.63) is 57.6 Å². The topological polar surface area (TPSA) is 17.8 Å². The van der Waals surface area contributed by atoms with Crippen LogP contribution >= 0.6 is 27.5 Å². The van der Waals surface area contributed by atoms with E-state index in [0.717, 1.165) is 22.3 Å². The number of aromatic nitrogens is 2. The van der Waals surface area contributed by atoms with Gasteiger partial charge in [0.2, 0.25) is 0 Å². The first kappa shape index (κ1) is 14.5. The lowest BCUT2D eigenvalue weighted by Gasteiger charge is -2.12. The van der Waals surface area contributed by atoms with E-state index in [2.05, 4.69) is 39.1 Å². The van der Waals surface area contributed by atoms with E-state index in [1.54, 1.807) is 6.07 Å². The van der Waals surface area contributed by atoms with Crippen molar-refractivity contribution in [3.8, 4) is 5.69 Å². The van der Waals surface area contributed by atoms with Gasteiger partial charge in [0.1, 0.15) is 11.6 Å². The zero-order valence-corrected chi connectivity index (χ0v) is 14.0. The minimum atomic E-state index is -0.325. The molecule has 0 unspecified atom stereocenters. The van der Waals surface area contributed by atoms with Crippen molar-refractivity contribution in [2.24, 2.45) is 0 Å². The normalized spacial score (nSPS) is 11.3. The number of rotatable bonds is 2. The Morgan fingerprint density at radius 1 is 1.24 bits per heavy atom. The van der Waals surface area contributed by atoms with Gasteiger partial charge in [0.15, 0.2) is 0 Å². The van der Waals surface area contributed by atoms with Crippen LogP contribution in [0.3, 0.4) is 0 Å². The molecule has 3 rings (SSSR count). The molecule has 1 heterocycles. The summed E-state index contributed by atoms with van der Waals surface area (Å²) in [5.41, 5.74) is 4.73. The zero-order valence-electron chi connectivity index (χ0n) is 11.6. The van der Waals surface area contributed by atoms with Crippen LogP contribution in [-0.2, 0) is 5.88 Å². The summed E-state index contributed by atoms with van der Waals surface area (Å²) in [5, 5.41) is 0. The Balaban J connectivity index is 2.40. The second-order valence-electron chi connectivity index (χ2n) is 5.04. The maximum Gasteiger partial charge on any atom is 0.139 e. The van der Waals surface area contributed by atoms with E-state index in [1.807, 2.05) is 18.4 Å². The van der Waals surface area contributed by atoms with E-state index in [9.17, 15) is 4.39 Å². The van der Waals surface area contributed by atoms with Crippen LogP contribution in [0.1, 0.15) is 17.0 Å². The SMILES string of the molecule is Cc1ccc(C)c(-n2c(CCl)nc3cc(F)c(Br)cc32)c1. The van der Waals surface area contributed by atoms with Crippen molar-refractivity contribution in [1.82, 2.24) is 9.55 Å². The molecule has 2 nitrogen and oxygen atoms in total. The Labute approximate surface area is 135 Å². The van der Waals surface area contributed by atoms with Gasteiger partial charge in [-0.15, -0.1) is 11.6 Å². The number of fused-ring (bicyclic) bond motifs is 1. The summed E-state index contributed by atoms with van der Waals surface area (Å²) >= 11 is 9.27. The molecule has 0 aliphatic carbocycles. The van der Waals surface area contributed by atoms with Gasteiger partial charge in [-0.3, -0.25) is 4.57 Å². The third-order valence-electron chi connectivity index (χ3n) is 3.49. The van der Waals surface area contributed by atoms with Gasteiger partial charge in [-0.2, -0.15) is 0 Å². The lowest BCUT2D eigenvalue weighted by atomic mass is 10.1. The quantitative estimate of drug-likeness (QED) is 0.563. The minimum Gasteiger partial charge on any atom is -0.295 e. The molecule has 0 fully saturated rings. The molecule has 0 N–H and O–H groups in total. The number of imidazole rings is 1. The lowest BCUT2D eigenvalue weighted by molar-refractivity contribution is 0.623. The maximum absolute atomic E-state index is 13.7. The average Bonchev–Trinajstić information content (AvgIpc) is 2.79. The molecule has 0 aliphatic heterocycles. The van der Waals surface area contributed by atoms with Crippen LogP contribution in [-0.4, -0.2) is 9.55 Å². The van der Waals surface area contributed by atoms with E-state index in [4.69, 9.17) is 11.6 Å². The molecule has 0 spiro atoms. The third kappa shape index (κ3) is 2.47. The largest absolute Gasteiger partial charge is 0.295 e. The van der Waals surface area contributed by atoms with Crippen molar-refractivity contribution in [1.29, 1.82) is 0 Å². The minimum absolute atomic E-state index is 0.265. The van der Waals surface area contributed by atoms with Crippen LogP contribution in [0, 0.1) is 19.7 Å². The first-order valence-electron chi connectivity index (χ1n) is 6.51. The van der Waals surface area contributed by atoms with Crippen LogP contribution < -0.4 is 0 Å². The Morgan fingerprint density at radius 2 is 2.00 bits per heavy atom. The lowest BCUT2D eigenvalue weighted by Crippen LogP contribution is -2.02. The summed E-state index contributed by atoms with van der Waals surface area (Å²) in [7, 11) is 0. The van der Waals surface area contributed by atoms with Crippen molar-refractivity contribution < 1.29 is 4.39 Å². The smallest absolute Gasteiger partial charge is 0.139 e. The number of hydrogen-bond acceptors (Lipinski definition) is 1. The van der Waals surface area contributed by atoms with Crippen molar-refractivity contribution in [2.75, 3.05) is 0 Å². The average molecular weight is 368 g/mol. The molecule has 1 aromatic heterocycles. The molecule has 3 aromatic rings. The second-order valence-corrected chi connectivity index (χ2v) is 6.16. The summed E-state index contributed by atoms with van der Waals surface area (Å²) < 4.78 is 16.1. The van der Waals surface area contributed by atoms with Gasteiger partial charge in [-0.25, -0.2) is 9.37 Å². The highest BCUT2D eigenvalue weighted by molar-refractivity contribution is 9.10. The molecule has 0 saturated heterocycles. The Bertz CT molecular complexity index is 842. The van der Waals surface area contributed by atoms with Gasteiger partial charge < -0.3 is 0 Å². The molecule has 0 saturated carbocycles. The number of halogens is 3. The number of benzene rings is 2. The van der Waals surface area contributed by atoms with E-state index >= 15 is 0 Å². The number of alkyl halides is 1. The standard InChI is InChI=1S/C16H13BrClFN2/c1-9-3-4-10(2)14(5-9)21-15-6-11(17)12(19)7-13(15)20-16(21)8-18/h3-7H,8H2,1-2H3. The van der Waals surface area contributed by atoms with Gasteiger partial charge in [0, 0.05) is 6.07 Å². The molecule has 2 aromatic carbocycles. The van der Waals surface area contributed by atoms with Crippen LogP contribution in [0.25, 0.3) is 16.7 Å². The van der Waals surface area contributed by atoms with Crippen molar-refractivity contribution in [2.45, 2.75) is 19.7 Å². The van der Waals surface area contributed by atoms with Crippen molar-refractivity contribution in [3.63, 3.8) is 0 Å². The van der Waals surface area contributed by atoms with Gasteiger partial charge in [0.05, 0.1) is 27.1 Å². The fourth-order valence-corrected chi connectivity index (χ4v) is 2.95. The van der Waals surface area contributed by atoms with Gasteiger partial charge in [0.25, 0.3) is 0 Å². The molecule has 0 radical (unpaired) electrons. The predicted octanol–water partition coefficient (Wildman–Crippen LogP) is 5.28. The zero-order chi connectivity index (χ0) is 15.1. The Morgan fingerprint density at radius 3 is 2.71 bits per heavy atom. The first-order valence-corrected chi connectivity index (χ1v) is 7.84. The van der Waals surface area contributed by atoms with Crippen LogP contribution in [0.5, 0.6) is 0 Å². The summed E-state index contributed by atoms with van der Waals surface area (Å²) in [6, 6.07) is 9.39. The van der Waals surface area contributed by atoms with Crippen LogP contribution in [0.4, 0.5) is 4.39 Å². The molecule has 0 bridgehead atoms. The number of nitrogens with zero attached hydrogens (tertiary/aromatic N) is 2. The monoisotopic (exact) mass is 366 g/mol. The van der Waals surface area contributed by atoms with E-state index < -0.39 is 0 Å². The molecular weight excluding hydrogens is 355 g/mol. The highest BCUT2D eigenvalue weighted by atomic mass is 79.9. The molecular formula is C16H13BrClFN2. The number of aryl methyl sites for hydroxylation is 2. The molecule has 108 valence electrons. The second kappa shape index (κ2) is 5.43. The van der Waals surface area contributed by atoms with Crippen molar-refractivity contribution >= 4 is 38.6 Å². The molecule has 0 amide bonds. The highest BCUT2D eigenvalue weighted by Crippen LogP contribution is 2.29. The van der Waals surface area contributed by atoms with Crippen LogP contribution in [0.2, 0.25) is 0 Å². The van der Waals surface area contributed by atoms with E-state index in [-0.39, 0.29) is 11.7 Å². The Kier molecular flexibility index (Phi) is 3.76. The number of hydrogen-bond donors (Lipinski definition) is 0. The van der Waals surface area contributed by atoms with Gasteiger partial charge >= 0.3 is 0 Å². The fraction of sp³-hybridized carbons (Fsp3) is 0.188. The van der Waals surface area contributed by atoms with Gasteiger partial charge in [-0.05, 0) is 53.0 Å². The molecule has 0 atom stereocenters. The summed E-state index contributed by atoms with van der Waals surface area (Å²) in [6.45, 7) is 4.08. The third-order valence-corrected chi connectivity index (χ3v) is 4.34. The summed E-state index contributed by atoms with van der Waals surface area (Å²) in [5.74, 6) is 0.647. The first-order chi connectivity index (χ1) is 10.0. The molecule has 5 heteroatoms. The van der Waals surface area contributed by atoms with Gasteiger partial charge in [-0.1, -0.05) is 12.1 Å². The highest BCUT2D eigenvalue weighted by Gasteiger charge is 2.15. The summed E-state index contributed by atoms with van der Waals surface area (Å²) in [6.07, 6.45) is 0. The summed E-state index contributed by atoms with van der Waals surface area (Å²) in [4.78, 5) is 4.45. The maximum atomic E-state index is 13.7. The van der Waals surface area contributed by atoms with E-state index in [1.165, 1.54) is 6.07 Å². The van der Waals surface area contributed by atoms with Crippen LogP contribution in [0.15, 0.2) is 34.8 Å². The van der Waals surface area contributed by atoms with E-state index in [0.29, 0.717) is 15.8 Å². The molecule has 0 aliphatic rings. The Hall–Kier alpha value is -1.39. The molecule has 21 heavy (non-hydrogen) atoms. The predicted molar refractivity (Wildman–Crippen MR) is 87.8 cm³/mol. The fourth-order valence-electron chi connectivity index (χ4n) is 2.44.